The molecule has 0 aliphatic carbocycles. The van der Waals surface area contributed by atoms with E-state index < -0.39 is 13.3 Å². The van der Waals surface area contributed by atoms with Crippen LogP contribution in [0.4, 0.5) is 0 Å². The monoisotopic (exact) mass is 343 g/mol. The number of aryl methyl sites for hydroxylation is 1. The number of unbranched alkanes of at least 4 members (excludes halogenated alkanes) is 5. The smallest absolute Gasteiger partial charge is 0.329 e. The fraction of sp³-hybridized carbons (Fsp3) is 0.571. The minimum Gasteiger partial charge on any atom is -0.347 e. The second kappa shape index (κ2) is 7.77. The van der Waals surface area contributed by atoms with E-state index in [0.29, 0.717) is 24.0 Å². The second-order valence-electron chi connectivity index (χ2n) is 5.66. The van der Waals surface area contributed by atoms with Crippen LogP contribution in [0, 0.1) is 0 Å². The van der Waals surface area contributed by atoms with E-state index in [2.05, 4.69) is 9.97 Å². The minimum absolute atomic E-state index is 0.0510. The van der Waals surface area contributed by atoms with Gasteiger partial charge in [-0.1, -0.05) is 25.7 Å². The van der Waals surface area contributed by atoms with Crippen molar-refractivity contribution in [1.82, 2.24) is 14.5 Å². The molecule has 0 bridgehead atoms. The van der Waals surface area contributed by atoms with Gasteiger partial charge in [0.05, 0.1) is 5.39 Å². The van der Waals surface area contributed by atoms with Gasteiger partial charge < -0.3 is 14.8 Å². The third kappa shape index (κ3) is 5.20. The van der Waals surface area contributed by atoms with Gasteiger partial charge in [0.2, 0.25) is 0 Å². The van der Waals surface area contributed by atoms with Crippen LogP contribution < -0.4 is 11.2 Å². The van der Waals surface area contributed by atoms with E-state index >= 15 is 0 Å². The fourth-order valence-corrected chi connectivity index (χ4v) is 3.24. The molecular weight excluding hydrogens is 321 g/mol. The molecule has 0 aliphatic heterocycles. The van der Waals surface area contributed by atoms with Crippen molar-refractivity contribution < 1.29 is 14.4 Å². The van der Waals surface area contributed by atoms with Gasteiger partial charge in [-0.2, -0.15) is 0 Å². The van der Waals surface area contributed by atoms with E-state index in [4.69, 9.17) is 9.79 Å². The standard InChI is InChI=1S/C14H22N3O5P/c18-13-11-7-8-15-12(11)17(14(19)16-13)9-5-3-1-2-4-6-10-23(20,21)22/h7-8,15H,1-6,9-10H2,(H,16,18,19)(H2,20,21,22). The van der Waals surface area contributed by atoms with Crippen LogP contribution in [0.2, 0.25) is 0 Å². The molecule has 0 unspecified atom stereocenters. The number of nitrogens with one attached hydrogen (secondary N) is 2. The lowest BCUT2D eigenvalue weighted by atomic mass is 10.1. The first-order chi connectivity index (χ1) is 10.9. The van der Waals surface area contributed by atoms with Crippen LogP contribution in [0.15, 0.2) is 21.9 Å². The largest absolute Gasteiger partial charge is 0.347 e. The van der Waals surface area contributed by atoms with Gasteiger partial charge in [0.1, 0.15) is 5.65 Å². The summed E-state index contributed by atoms with van der Waals surface area (Å²) in [6.07, 6.45) is 6.51. The number of fused-ring (bicyclic) bond motifs is 1. The molecule has 4 N–H and O–H groups in total. The van der Waals surface area contributed by atoms with Crippen molar-refractivity contribution in [3.63, 3.8) is 0 Å². The van der Waals surface area contributed by atoms with Gasteiger partial charge in [0, 0.05) is 18.9 Å². The molecule has 0 atom stereocenters. The number of nitrogens with zero attached hydrogens (tertiary/aromatic N) is 1. The highest BCUT2D eigenvalue weighted by Crippen LogP contribution is 2.35. The summed E-state index contributed by atoms with van der Waals surface area (Å²) in [4.78, 5) is 46.2. The molecule has 2 aromatic heterocycles. The summed E-state index contributed by atoms with van der Waals surface area (Å²) in [7, 11) is -3.86. The van der Waals surface area contributed by atoms with Crippen LogP contribution in [0.25, 0.3) is 11.0 Å². The first kappa shape index (κ1) is 17.7. The van der Waals surface area contributed by atoms with Crippen molar-refractivity contribution in [3.05, 3.63) is 33.1 Å². The third-order valence-electron chi connectivity index (χ3n) is 3.79. The van der Waals surface area contributed by atoms with Crippen LogP contribution in [0.5, 0.6) is 0 Å². The van der Waals surface area contributed by atoms with Crippen molar-refractivity contribution in [2.75, 3.05) is 6.16 Å². The first-order valence-electron chi connectivity index (χ1n) is 7.73. The predicted molar refractivity (Wildman–Crippen MR) is 87.8 cm³/mol. The van der Waals surface area contributed by atoms with E-state index in [0.717, 1.165) is 32.1 Å². The molecule has 0 saturated heterocycles. The van der Waals surface area contributed by atoms with E-state index in [-0.39, 0.29) is 11.7 Å². The van der Waals surface area contributed by atoms with E-state index in [9.17, 15) is 14.2 Å². The molecule has 9 heteroatoms. The Bertz CT molecular complexity index is 801. The molecule has 2 heterocycles. The maximum Gasteiger partial charge on any atom is 0.329 e. The maximum absolute atomic E-state index is 11.9. The lowest BCUT2D eigenvalue weighted by Crippen LogP contribution is -2.30. The van der Waals surface area contributed by atoms with Crippen LogP contribution in [0.1, 0.15) is 38.5 Å². The number of hydrogen-bond donors (Lipinski definition) is 4. The maximum atomic E-state index is 11.9. The van der Waals surface area contributed by atoms with Gasteiger partial charge in [-0.25, -0.2) is 4.79 Å². The zero-order valence-corrected chi connectivity index (χ0v) is 13.7. The SMILES string of the molecule is O=c1[nH]c(=O)n(CCCCCCCCP(=O)(O)O)c2[nH]ccc12. The highest BCUT2D eigenvalue weighted by atomic mass is 31.2. The summed E-state index contributed by atoms with van der Waals surface area (Å²) in [5.74, 6) is 0. The Morgan fingerprint density at radius 3 is 2.39 bits per heavy atom. The topological polar surface area (TPSA) is 128 Å². The average Bonchev–Trinajstić information content (AvgIpc) is 2.93. The van der Waals surface area contributed by atoms with E-state index in [1.807, 2.05) is 0 Å². The van der Waals surface area contributed by atoms with Gasteiger partial charge in [-0.15, -0.1) is 0 Å². The molecule has 0 spiro atoms. The highest BCUT2D eigenvalue weighted by molar-refractivity contribution is 7.51. The third-order valence-corrected chi connectivity index (χ3v) is 4.69. The van der Waals surface area contributed by atoms with Gasteiger partial charge in [-0.05, 0) is 18.9 Å². The van der Waals surface area contributed by atoms with Gasteiger partial charge in [0.15, 0.2) is 0 Å². The Hall–Kier alpha value is -1.63. The van der Waals surface area contributed by atoms with Crippen LogP contribution in [0.3, 0.4) is 0 Å². The van der Waals surface area contributed by atoms with Gasteiger partial charge in [-0.3, -0.25) is 18.9 Å². The molecule has 0 fully saturated rings. The lowest BCUT2D eigenvalue weighted by molar-refractivity contribution is 0.370. The van der Waals surface area contributed by atoms with Crippen molar-refractivity contribution in [1.29, 1.82) is 0 Å². The number of aromatic amines is 2. The molecular formula is C14H22N3O5P. The number of rotatable bonds is 9. The van der Waals surface area contributed by atoms with E-state index in [1.165, 1.54) is 4.57 Å². The minimum atomic E-state index is -3.86. The van der Waals surface area contributed by atoms with Crippen molar-refractivity contribution in [2.24, 2.45) is 0 Å². The Labute approximate surface area is 132 Å². The Morgan fingerprint density at radius 2 is 1.70 bits per heavy atom. The molecule has 8 nitrogen and oxygen atoms in total. The summed E-state index contributed by atoms with van der Waals surface area (Å²) in [5, 5.41) is 0.474. The second-order valence-corrected chi connectivity index (χ2v) is 7.44. The molecule has 0 saturated carbocycles. The normalized spacial score (nSPS) is 12.1. The van der Waals surface area contributed by atoms with Crippen molar-refractivity contribution in [3.8, 4) is 0 Å². The van der Waals surface area contributed by atoms with Crippen LogP contribution in [-0.4, -0.2) is 30.5 Å². The zero-order valence-electron chi connectivity index (χ0n) is 12.8. The Morgan fingerprint density at radius 1 is 1.04 bits per heavy atom. The van der Waals surface area contributed by atoms with E-state index in [1.54, 1.807) is 12.3 Å². The van der Waals surface area contributed by atoms with Crippen molar-refractivity contribution >= 4 is 18.6 Å². The summed E-state index contributed by atoms with van der Waals surface area (Å²) < 4.78 is 12.2. The Balaban J connectivity index is 1.75. The molecule has 128 valence electrons. The summed E-state index contributed by atoms with van der Waals surface area (Å²) >= 11 is 0. The zero-order chi connectivity index (χ0) is 16.9. The predicted octanol–water partition coefficient (Wildman–Crippen LogP) is 1.54. The summed E-state index contributed by atoms with van der Waals surface area (Å²) in [6, 6.07) is 1.64. The highest BCUT2D eigenvalue weighted by Gasteiger charge is 2.11. The molecule has 2 rings (SSSR count). The van der Waals surface area contributed by atoms with Gasteiger partial charge in [0.25, 0.3) is 5.56 Å². The van der Waals surface area contributed by atoms with Crippen molar-refractivity contribution in [2.45, 2.75) is 45.1 Å². The molecule has 0 aliphatic rings. The van der Waals surface area contributed by atoms with Crippen LogP contribution in [-0.2, 0) is 11.1 Å². The molecule has 0 aromatic carbocycles. The number of H-pyrrole nitrogens is 2. The molecule has 23 heavy (non-hydrogen) atoms. The summed E-state index contributed by atoms with van der Waals surface area (Å²) in [5.41, 5.74) is -0.250. The number of hydrogen-bond acceptors (Lipinski definition) is 3. The molecule has 2 aromatic rings. The number of aromatic nitrogens is 3. The molecule has 0 radical (unpaired) electrons. The van der Waals surface area contributed by atoms with Crippen LogP contribution >= 0.6 is 7.60 Å². The fourth-order valence-electron chi connectivity index (χ4n) is 2.61. The quantitative estimate of drug-likeness (QED) is 0.405. The molecule has 0 amide bonds. The lowest BCUT2D eigenvalue weighted by Gasteiger charge is -2.07. The Kier molecular flexibility index (Phi) is 5.98. The average molecular weight is 343 g/mol. The first-order valence-corrected chi connectivity index (χ1v) is 9.53. The van der Waals surface area contributed by atoms with Gasteiger partial charge >= 0.3 is 13.3 Å². The summed E-state index contributed by atoms with van der Waals surface area (Å²) in [6.45, 7) is 0.523.